The smallest absolute Gasteiger partial charge is 0.308 e. The molecule has 0 aliphatic carbocycles. The van der Waals surface area contributed by atoms with Gasteiger partial charge in [0.1, 0.15) is 11.5 Å². The number of carbonyl (C=O) groups excluding carboxylic acids is 1. The summed E-state index contributed by atoms with van der Waals surface area (Å²) in [4.78, 5) is 23.1. The van der Waals surface area contributed by atoms with Crippen molar-refractivity contribution in [2.24, 2.45) is 5.92 Å². The minimum absolute atomic E-state index is 0.262. The zero-order valence-corrected chi connectivity index (χ0v) is 9.75. The fraction of sp³-hybridized carbons (Fsp3) is 0.273. The fourth-order valence-electron chi connectivity index (χ4n) is 1.85. The van der Waals surface area contributed by atoms with Crippen LogP contribution in [0, 0.1) is 17.6 Å². The van der Waals surface area contributed by atoms with E-state index >= 15 is 0 Å². The fourth-order valence-corrected chi connectivity index (χ4v) is 2.01. The van der Waals surface area contributed by atoms with Crippen molar-refractivity contribution >= 4 is 29.2 Å². The van der Waals surface area contributed by atoms with Gasteiger partial charge in [0.15, 0.2) is 5.82 Å². The highest BCUT2D eigenvalue weighted by Crippen LogP contribution is 2.33. The number of anilines is 1. The average molecular weight is 276 g/mol. The van der Waals surface area contributed by atoms with Gasteiger partial charge >= 0.3 is 5.97 Å². The predicted octanol–water partition coefficient (Wildman–Crippen LogP) is 2.06. The maximum atomic E-state index is 13.7. The van der Waals surface area contributed by atoms with Gasteiger partial charge in [0, 0.05) is 13.0 Å². The molecular formula is C11H8ClF2NO3. The summed E-state index contributed by atoms with van der Waals surface area (Å²) in [6.07, 6.45) is -0.277. The van der Waals surface area contributed by atoms with E-state index in [0.717, 1.165) is 17.0 Å². The average Bonchev–Trinajstić information content (AvgIpc) is 2.67. The molecule has 1 fully saturated rings. The summed E-state index contributed by atoms with van der Waals surface area (Å²) in [5.41, 5.74) is -0.587. The van der Waals surface area contributed by atoms with Crippen LogP contribution in [0.15, 0.2) is 12.1 Å². The van der Waals surface area contributed by atoms with Gasteiger partial charge in [0.2, 0.25) is 5.91 Å². The Bertz CT molecular complexity index is 535. The Kier molecular flexibility index (Phi) is 3.21. The van der Waals surface area contributed by atoms with Crippen LogP contribution < -0.4 is 4.90 Å². The van der Waals surface area contributed by atoms with Crippen molar-refractivity contribution in [3.63, 3.8) is 0 Å². The number of hydrogen-bond donors (Lipinski definition) is 1. The number of nitrogens with zero attached hydrogens (tertiary/aromatic N) is 1. The maximum absolute atomic E-state index is 13.7. The number of carbonyl (C=O) groups is 2. The Labute approximate surface area is 106 Å². The van der Waals surface area contributed by atoms with E-state index in [1.54, 1.807) is 0 Å². The lowest BCUT2D eigenvalue weighted by Crippen LogP contribution is -2.27. The third-order valence-electron chi connectivity index (χ3n) is 2.76. The van der Waals surface area contributed by atoms with Gasteiger partial charge < -0.3 is 10.0 Å². The second-order valence-corrected chi connectivity index (χ2v) is 4.34. The molecule has 18 heavy (non-hydrogen) atoms. The molecule has 0 spiro atoms. The molecular weight excluding hydrogens is 268 g/mol. The Hall–Kier alpha value is -1.69. The zero-order valence-electron chi connectivity index (χ0n) is 8.99. The Morgan fingerprint density at radius 1 is 1.44 bits per heavy atom. The number of carboxylic acids is 1. The van der Waals surface area contributed by atoms with E-state index in [1.165, 1.54) is 0 Å². The number of aliphatic carboxylic acids is 1. The molecule has 1 atom stereocenters. The van der Waals surface area contributed by atoms with Crippen LogP contribution in [-0.2, 0) is 9.59 Å². The Morgan fingerprint density at radius 2 is 2.11 bits per heavy atom. The van der Waals surface area contributed by atoms with Crippen LogP contribution in [0.1, 0.15) is 6.42 Å². The summed E-state index contributed by atoms with van der Waals surface area (Å²) in [5, 5.41) is 8.48. The highest BCUT2D eigenvalue weighted by molar-refractivity contribution is 6.31. The van der Waals surface area contributed by atoms with Crippen LogP contribution in [0.3, 0.4) is 0 Å². The van der Waals surface area contributed by atoms with E-state index < -0.39 is 35.1 Å². The van der Waals surface area contributed by atoms with Crippen molar-refractivity contribution in [1.29, 1.82) is 0 Å². The molecule has 2 rings (SSSR count). The van der Waals surface area contributed by atoms with Crippen molar-refractivity contribution in [2.75, 3.05) is 11.4 Å². The van der Waals surface area contributed by atoms with Gasteiger partial charge in [-0.25, -0.2) is 8.78 Å². The van der Waals surface area contributed by atoms with E-state index in [0.29, 0.717) is 0 Å². The van der Waals surface area contributed by atoms with Crippen LogP contribution >= 0.6 is 11.6 Å². The summed E-state index contributed by atoms with van der Waals surface area (Å²) < 4.78 is 27.2. The van der Waals surface area contributed by atoms with Gasteiger partial charge in [-0.2, -0.15) is 0 Å². The summed E-state index contributed by atoms with van der Waals surface area (Å²) in [7, 11) is 0. The van der Waals surface area contributed by atoms with E-state index in [4.69, 9.17) is 16.7 Å². The molecule has 1 aliphatic rings. The third kappa shape index (κ3) is 2.03. The molecule has 0 saturated carbocycles. The van der Waals surface area contributed by atoms with E-state index in [-0.39, 0.29) is 18.0 Å². The maximum Gasteiger partial charge on any atom is 0.308 e. The van der Waals surface area contributed by atoms with Gasteiger partial charge in [0.05, 0.1) is 10.9 Å². The van der Waals surface area contributed by atoms with Crippen molar-refractivity contribution < 1.29 is 23.5 Å². The molecule has 1 amide bonds. The van der Waals surface area contributed by atoms with Crippen LogP contribution in [0.5, 0.6) is 0 Å². The lowest BCUT2D eigenvalue weighted by Gasteiger charge is -2.18. The van der Waals surface area contributed by atoms with Crippen LogP contribution in [0.25, 0.3) is 0 Å². The molecule has 1 unspecified atom stereocenters. The van der Waals surface area contributed by atoms with Crippen molar-refractivity contribution in [2.45, 2.75) is 6.42 Å². The van der Waals surface area contributed by atoms with Crippen LogP contribution in [-0.4, -0.2) is 23.5 Å². The van der Waals surface area contributed by atoms with E-state index in [9.17, 15) is 18.4 Å². The number of hydrogen-bond acceptors (Lipinski definition) is 2. The normalized spacial score (nSPS) is 19.4. The summed E-state index contributed by atoms with van der Waals surface area (Å²) in [6.45, 7) is -0.262. The Balaban J connectivity index is 2.41. The van der Waals surface area contributed by atoms with Crippen molar-refractivity contribution in [3.05, 3.63) is 28.8 Å². The first-order chi connectivity index (χ1) is 8.41. The minimum Gasteiger partial charge on any atom is -0.481 e. The van der Waals surface area contributed by atoms with Gasteiger partial charge in [-0.3, -0.25) is 9.59 Å². The highest BCUT2D eigenvalue weighted by Gasteiger charge is 2.37. The third-order valence-corrected chi connectivity index (χ3v) is 3.06. The second-order valence-electron chi connectivity index (χ2n) is 3.94. The summed E-state index contributed by atoms with van der Waals surface area (Å²) in [5.74, 6) is -4.78. The molecule has 0 aromatic heterocycles. The zero-order chi connectivity index (χ0) is 13.4. The number of rotatable bonds is 2. The number of halogens is 3. The molecule has 1 N–H and O–H groups in total. The molecule has 4 nitrogen and oxygen atoms in total. The molecule has 7 heteroatoms. The minimum atomic E-state index is -1.17. The van der Waals surface area contributed by atoms with Gasteiger partial charge in [-0.1, -0.05) is 11.6 Å². The summed E-state index contributed by atoms with van der Waals surface area (Å²) in [6, 6.07) is 1.97. The standard InChI is InChI=1S/C11H8ClF2NO3/c12-6-1-2-7(13)10(9(6)14)15-4-5(11(17)18)3-8(15)16/h1-2,5H,3-4H2,(H,17,18). The Morgan fingerprint density at radius 3 is 2.67 bits per heavy atom. The first-order valence-electron chi connectivity index (χ1n) is 5.08. The lowest BCUT2D eigenvalue weighted by atomic mass is 10.1. The lowest BCUT2D eigenvalue weighted by molar-refractivity contribution is -0.141. The largest absolute Gasteiger partial charge is 0.481 e. The molecule has 1 aromatic carbocycles. The molecule has 0 bridgehead atoms. The first-order valence-corrected chi connectivity index (χ1v) is 5.46. The van der Waals surface area contributed by atoms with E-state index in [1.807, 2.05) is 0 Å². The summed E-state index contributed by atoms with van der Waals surface area (Å²) >= 11 is 5.51. The molecule has 1 saturated heterocycles. The number of benzene rings is 1. The topological polar surface area (TPSA) is 57.6 Å². The van der Waals surface area contributed by atoms with E-state index in [2.05, 4.69) is 0 Å². The van der Waals surface area contributed by atoms with Crippen molar-refractivity contribution in [3.8, 4) is 0 Å². The first kappa shape index (κ1) is 12.8. The highest BCUT2D eigenvalue weighted by atomic mass is 35.5. The van der Waals surface area contributed by atoms with Crippen molar-refractivity contribution in [1.82, 2.24) is 0 Å². The quantitative estimate of drug-likeness (QED) is 0.841. The number of carboxylic acid groups (broad SMARTS) is 1. The monoisotopic (exact) mass is 275 g/mol. The molecule has 0 radical (unpaired) electrons. The molecule has 1 aliphatic heterocycles. The molecule has 1 heterocycles. The van der Waals surface area contributed by atoms with Gasteiger partial charge in [0.25, 0.3) is 0 Å². The number of amides is 1. The second kappa shape index (κ2) is 4.53. The molecule has 96 valence electrons. The predicted molar refractivity (Wildman–Crippen MR) is 59.5 cm³/mol. The van der Waals surface area contributed by atoms with Gasteiger partial charge in [-0.15, -0.1) is 0 Å². The van der Waals surface area contributed by atoms with Gasteiger partial charge in [-0.05, 0) is 12.1 Å². The van der Waals surface area contributed by atoms with Crippen LogP contribution in [0.2, 0.25) is 5.02 Å². The molecule has 1 aromatic rings. The van der Waals surface area contributed by atoms with Crippen LogP contribution in [0.4, 0.5) is 14.5 Å². The SMILES string of the molecule is O=C(O)C1CC(=O)N(c2c(F)ccc(Cl)c2F)C1.